The van der Waals surface area contributed by atoms with E-state index in [0.717, 1.165) is 13.1 Å². The van der Waals surface area contributed by atoms with Crippen LogP contribution in [0.5, 0.6) is 0 Å². The minimum atomic E-state index is -4.64. The van der Waals surface area contributed by atoms with Crippen molar-refractivity contribution in [2.45, 2.75) is 6.18 Å². The fraction of sp³-hybridized carbons (Fsp3) is 0.250. The summed E-state index contributed by atoms with van der Waals surface area (Å²) in [6, 6.07) is 1.40. The van der Waals surface area contributed by atoms with Gasteiger partial charge in [-0.15, -0.1) is 0 Å². The maximum atomic E-state index is 12.3. The molecule has 0 atom stereocenters. The number of halogens is 4. The van der Waals surface area contributed by atoms with Crippen LogP contribution in [0, 0.1) is 0 Å². The Morgan fingerprint density at radius 2 is 1.93 bits per heavy atom. The first kappa shape index (κ1) is 11.8. The van der Waals surface area contributed by atoms with Gasteiger partial charge >= 0.3 is 6.18 Å². The third-order valence-corrected chi connectivity index (χ3v) is 2.01. The van der Waals surface area contributed by atoms with E-state index in [1.54, 1.807) is 0 Å². The van der Waals surface area contributed by atoms with Gasteiger partial charge in [0.2, 0.25) is 0 Å². The molecule has 0 aliphatic rings. The monoisotopic (exact) mass is 239 g/mol. The molecule has 1 rings (SSSR count). The van der Waals surface area contributed by atoms with Gasteiger partial charge in [-0.25, -0.2) is 0 Å². The van der Waals surface area contributed by atoms with Gasteiger partial charge in [-0.2, -0.15) is 13.2 Å². The molecule has 0 aliphatic heterocycles. The molecule has 0 saturated carbocycles. The summed E-state index contributed by atoms with van der Waals surface area (Å²) in [5, 5.41) is -1.08. The number of carbonyl (C=O) groups excluding carboxylic acids is 1. The van der Waals surface area contributed by atoms with Crippen molar-refractivity contribution in [3.63, 3.8) is 0 Å². The Labute approximate surface area is 87.1 Å². The number of carbonyl (C=O) groups is 1. The van der Waals surface area contributed by atoms with E-state index < -0.39 is 28.2 Å². The number of nitrogens with zero attached hydrogens (tertiary/aromatic N) is 1. The number of rotatable bonds is 1. The van der Waals surface area contributed by atoms with Crippen LogP contribution in [0.1, 0.15) is 16.1 Å². The quantitative estimate of drug-likeness (QED) is 0.701. The molecule has 7 heteroatoms. The average Bonchev–Trinajstić information content (AvgIpc) is 2.06. The normalized spacial score (nSPS) is 11.5. The van der Waals surface area contributed by atoms with E-state index in [1.165, 1.54) is 0 Å². The lowest BCUT2D eigenvalue weighted by Crippen LogP contribution is -2.28. The molecule has 0 fully saturated rings. The lowest BCUT2D eigenvalue weighted by atomic mass is 10.2. The van der Waals surface area contributed by atoms with Crippen LogP contribution >= 0.6 is 11.6 Å². The molecule has 1 heterocycles. The lowest BCUT2D eigenvalue weighted by Gasteiger charge is -2.11. The number of hydrogen-bond donors (Lipinski definition) is 0. The molecule has 0 radical (unpaired) electrons. The van der Waals surface area contributed by atoms with Crippen LogP contribution < -0.4 is 5.56 Å². The van der Waals surface area contributed by atoms with E-state index in [0.29, 0.717) is 10.6 Å². The largest absolute Gasteiger partial charge is 0.431 e. The zero-order valence-electron chi connectivity index (χ0n) is 7.43. The molecule has 0 spiro atoms. The predicted octanol–water partition coefficient (Wildman–Crippen LogP) is 1.78. The average molecular weight is 240 g/mol. The highest BCUT2D eigenvalue weighted by molar-refractivity contribution is 6.67. The maximum Gasteiger partial charge on any atom is 0.431 e. The van der Waals surface area contributed by atoms with E-state index in [2.05, 4.69) is 0 Å². The molecular formula is C8H5ClF3NO2. The molecule has 0 saturated heterocycles. The standard InChI is InChI=1S/C8H5ClF3NO2/c1-13-5(8(10,11)12)3-2-4(6(9)14)7(13)15/h2-3H,1H3. The Balaban J connectivity index is 3.48. The highest BCUT2D eigenvalue weighted by Crippen LogP contribution is 2.27. The Morgan fingerprint density at radius 1 is 1.40 bits per heavy atom. The summed E-state index contributed by atoms with van der Waals surface area (Å²) in [5.41, 5.74) is -2.67. The maximum absolute atomic E-state index is 12.3. The molecule has 82 valence electrons. The second-order valence-corrected chi connectivity index (χ2v) is 3.11. The van der Waals surface area contributed by atoms with Crippen molar-refractivity contribution in [1.29, 1.82) is 0 Å². The molecule has 0 bridgehead atoms. The number of hydrogen-bond acceptors (Lipinski definition) is 2. The predicted molar refractivity (Wildman–Crippen MR) is 46.9 cm³/mol. The van der Waals surface area contributed by atoms with Gasteiger partial charge in [0.25, 0.3) is 10.8 Å². The summed E-state index contributed by atoms with van der Waals surface area (Å²) >= 11 is 5.01. The number of pyridine rings is 1. The van der Waals surface area contributed by atoms with Crippen molar-refractivity contribution in [3.8, 4) is 0 Å². The Morgan fingerprint density at radius 3 is 2.33 bits per heavy atom. The molecule has 1 aromatic heterocycles. The van der Waals surface area contributed by atoms with Gasteiger partial charge in [-0.05, 0) is 23.7 Å². The minimum Gasteiger partial charge on any atom is -0.307 e. The van der Waals surface area contributed by atoms with Gasteiger partial charge in [-0.1, -0.05) is 0 Å². The third kappa shape index (κ3) is 2.20. The highest BCUT2D eigenvalue weighted by atomic mass is 35.5. The smallest absolute Gasteiger partial charge is 0.307 e. The molecule has 15 heavy (non-hydrogen) atoms. The van der Waals surface area contributed by atoms with Gasteiger partial charge in [0, 0.05) is 7.05 Å². The molecule has 1 aromatic rings. The van der Waals surface area contributed by atoms with Crippen molar-refractivity contribution in [3.05, 3.63) is 33.7 Å². The first-order valence-corrected chi connectivity index (χ1v) is 4.10. The Kier molecular flexibility index (Phi) is 2.90. The second kappa shape index (κ2) is 3.69. The van der Waals surface area contributed by atoms with E-state index in [-0.39, 0.29) is 0 Å². The van der Waals surface area contributed by atoms with Crippen molar-refractivity contribution in [1.82, 2.24) is 4.57 Å². The van der Waals surface area contributed by atoms with Crippen molar-refractivity contribution >= 4 is 16.8 Å². The summed E-state index contributed by atoms with van der Waals surface area (Å²) in [6.45, 7) is 0. The van der Waals surface area contributed by atoms with Crippen LogP contribution in [0.15, 0.2) is 16.9 Å². The molecule has 3 nitrogen and oxygen atoms in total. The van der Waals surface area contributed by atoms with Crippen molar-refractivity contribution in [2.75, 3.05) is 0 Å². The summed E-state index contributed by atoms with van der Waals surface area (Å²) in [4.78, 5) is 21.9. The first-order chi connectivity index (χ1) is 6.75. The SMILES string of the molecule is Cn1c(C(F)(F)F)ccc(C(=O)Cl)c1=O. The van der Waals surface area contributed by atoms with Gasteiger partial charge in [0.15, 0.2) is 0 Å². The van der Waals surface area contributed by atoms with Crippen LogP contribution in [0.25, 0.3) is 0 Å². The fourth-order valence-electron chi connectivity index (χ4n) is 1.07. The van der Waals surface area contributed by atoms with Gasteiger partial charge in [-0.3, -0.25) is 9.59 Å². The Hall–Kier alpha value is -1.30. The summed E-state index contributed by atoms with van der Waals surface area (Å²) in [5.74, 6) is 0. The van der Waals surface area contributed by atoms with Gasteiger partial charge < -0.3 is 4.57 Å². The zero-order valence-corrected chi connectivity index (χ0v) is 8.19. The summed E-state index contributed by atoms with van der Waals surface area (Å²) in [7, 11) is 0.925. The van der Waals surface area contributed by atoms with Crippen LogP contribution in [0.4, 0.5) is 13.2 Å². The second-order valence-electron chi connectivity index (χ2n) is 2.77. The molecule has 0 unspecified atom stereocenters. The minimum absolute atomic E-state index is 0.343. The fourth-order valence-corrected chi connectivity index (χ4v) is 1.21. The van der Waals surface area contributed by atoms with E-state index in [1.807, 2.05) is 0 Å². The number of alkyl halides is 3. The molecular weight excluding hydrogens is 235 g/mol. The first-order valence-electron chi connectivity index (χ1n) is 3.72. The Bertz CT molecular complexity index is 464. The third-order valence-electron chi connectivity index (χ3n) is 1.81. The highest BCUT2D eigenvalue weighted by Gasteiger charge is 2.34. The van der Waals surface area contributed by atoms with Crippen molar-refractivity contribution < 1.29 is 18.0 Å². The summed E-state index contributed by atoms with van der Waals surface area (Å²) < 4.78 is 37.2. The molecule has 0 aliphatic carbocycles. The van der Waals surface area contributed by atoms with Crippen LogP contribution in [0.2, 0.25) is 0 Å². The summed E-state index contributed by atoms with van der Waals surface area (Å²) in [6.07, 6.45) is -4.64. The van der Waals surface area contributed by atoms with Crippen LogP contribution in [-0.4, -0.2) is 9.81 Å². The topological polar surface area (TPSA) is 39.1 Å². The van der Waals surface area contributed by atoms with Crippen molar-refractivity contribution in [2.24, 2.45) is 7.05 Å². The molecule has 0 amide bonds. The van der Waals surface area contributed by atoms with E-state index >= 15 is 0 Å². The molecule has 0 N–H and O–H groups in total. The lowest BCUT2D eigenvalue weighted by molar-refractivity contribution is -0.143. The van der Waals surface area contributed by atoms with Gasteiger partial charge in [0.05, 0.1) is 5.56 Å². The van der Waals surface area contributed by atoms with E-state index in [4.69, 9.17) is 11.6 Å². The van der Waals surface area contributed by atoms with E-state index in [9.17, 15) is 22.8 Å². The van der Waals surface area contributed by atoms with Crippen LogP contribution in [0.3, 0.4) is 0 Å². The zero-order chi connectivity index (χ0) is 11.8. The van der Waals surface area contributed by atoms with Gasteiger partial charge in [0.1, 0.15) is 5.69 Å². The molecule has 0 aromatic carbocycles. The van der Waals surface area contributed by atoms with Crippen LogP contribution in [-0.2, 0) is 13.2 Å². The number of aromatic nitrogens is 1.